The molecule has 0 bridgehead atoms. The summed E-state index contributed by atoms with van der Waals surface area (Å²) in [6.45, 7) is 12.4. The third-order valence-corrected chi connectivity index (χ3v) is 9.64. The molecular weight excluding hydrogens is 619 g/mol. The van der Waals surface area contributed by atoms with Gasteiger partial charge in [0.15, 0.2) is 0 Å². The van der Waals surface area contributed by atoms with Crippen molar-refractivity contribution >= 4 is 53.1 Å². The number of likely N-dealkylation sites (N-methyl/N-ethyl adjacent to an activating group) is 3. The van der Waals surface area contributed by atoms with Crippen molar-refractivity contribution in [3.63, 3.8) is 0 Å². The van der Waals surface area contributed by atoms with Gasteiger partial charge in [-0.25, -0.2) is 0 Å². The molecule has 0 aromatic carbocycles. The summed E-state index contributed by atoms with van der Waals surface area (Å²) < 4.78 is 0. The second kappa shape index (κ2) is 21.0. The number of nitrogens with zero attached hydrogens (tertiary/aromatic N) is 3. The van der Waals surface area contributed by atoms with Crippen molar-refractivity contribution in [3.8, 4) is 0 Å². The lowest BCUT2D eigenvalue weighted by molar-refractivity contribution is -0.149. The molecule has 0 aliphatic rings. The number of amides is 5. The largest absolute Gasteiger partial charge is 0.396 e. The molecule has 4 atom stereocenters. The third-order valence-electron chi connectivity index (χ3n) is 7.37. The van der Waals surface area contributed by atoms with Gasteiger partial charge in [-0.15, -0.1) is 0 Å². The minimum absolute atomic E-state index is 0.0867. The van der Waals surface area contributed by atoms with E-state index < -0.39 is 53.4 Å². The Morgan fingerprint density at radius 3 is 1.87 bits per heavy atom. The fourth-order valence-electron chi connectivity index (χ4n) is 4.71. The number of nitrogens with two attached hydrogens (primary N) is 1. The molecule has 0 radical (unpaired) electrons. The number of rotatable bonds is 22. The minimum atomic E-state index is -1.35. The van der Waals surface area contributed by atoms with E-state index in [4.69, 9.17) is 10.8 Å². The van der Waals surface area contributed by atoms with Gasteiger partial charge < -0.3 is 36.0 Å². The van der Waals surface area contributed by atoms with Crippen molar-refractivity contribution < 1.29 is 34.2 Å². The zero-order valence-electron chi connectivity index (χ0n) is 29.0. The number of carbonyl (C=O) groups excluding carboxylic acids is 5. The van der Waals surface area contributed by atoms with E-state index in [2.05, 4.69) is 5.32 Å². The Labute approximate surface area is 278 Å². The highest BCUT2D eigenvalue weighted by Crippen LogP contribution is 2.21. The lowest BCUT2D eigenvalue weighted by atomic mass is 9.95. The summed E-state index contributed by atoms with van der Waals surface area (Å²) >= 11 is 3.10. The van der Waals surface area contributed by atoms with Gasteiger partial charge in [0.25, 0.3) is 0 Å². The molecular formula is C31H59N5O7S2. The van der Waals surface area contributed by atoms with Crippen molar-refractivity contribution in [2.75, 3.05) is 50.8 Å². The number of carbonyl (C=O) groups is 5. The molecule has 0 aliphatic heterocycles. The van der Waals surface area contributed by atoms with Gasteiger partial charge in [0, 0.05) is 57.0 Å². The first-order valence-electron chi connectivity index (χ1n) is 15.7. The lowest BCUT2D eigenvalue weighted by Crippen LogP contribution is -2.60. The van der Waals surface area contributed by atoms with Crippen LogP contribution >= 0.6 is 23.5 Å². The van der Waals surface area contributed by atoms with E-state index in [1.165, 1.54) is 54.4 Å². The van der Waals surface area contributed by atoms with Crippen LogP contribution in [0.1, 0.15) is 74.1 Å². The number of aliphatic hydroxyl groups excluding tert-OH is 1. The molecule has 0 spiro atoms. The smallest absolute Gasteiger partial charge is 0.246 e. The molecule has 0 heterocycles. The highest BCUT2D eigenvalue weighted by atomic mass is 32.2. The van der Waals surface area contributed by atoms with Gasteiger partial charge >= 0.3 is 0 Å². The van der Waals surface area contributed by atoms with E-state index in [0.29, 0.717) is 30.1 Å². The van der Waals surface area contributed by atoms with Crippen molar-refractivity contribution in [3.05, 3.63) is 0 Å². The van der Waals surface area contributed by atoms with E-state index >= 15 is 0 Å². The molecule has 0 aromatic rings. The predicted octanol–water partition coefficient (Wildman–Crippen LogP) is 1.56. The van der Waals surface area contributed by atoms with Gasteiger partial charge in [-0.2, -0.15) is 23.5 Å². The molecule has 0 aromatic heterocycles. The van der Waals surface area contributed by atoms with Crippen LogP contribution in [0, 0.1) is 11.8 Å². The van der Waals surface area contributed by atoms with Crippen molar-refractivity contribution in [1.29, 1.82) is 0 Å². The molecule has 45 heavy (non-hydrogen) atoms. The van der Waals surface area contributed by atoms with E-state index in [0.717, 1.165) is 5.75 Å². The second-order valence-electron chi connectivity index (χ2n) is 12.9. The van der Waals surface area contributed by atoms with E-state index in [-0.39, 0.29) is 37.2 Å². The quantitative estimate of drug-likeness (QED) is 0.124. The standard InChI is InChI=1S/C31H59N5O7S2/c1-11-12-25(38)34(8)24(19-45-16-15-44-14-13-37)29(41)36(10)23(18-31(6,7)43)28(40)33-26(21(4)5)30(42)35(9)22(27(32)39)17-20(2)3/h20-24,26,37,43H,11-19H2,1-10H3,(H2,32,39)(H,33,40)/t22-,23-,24+,26-/m0/s1. The number of aliphatic hydroxyl groups is 2. The fourth-order valence-corrected chi connectivity index (χ4v) is 6.74. The van der Waals surface area contributed by atoms with E-state index in [1.54, 1.807) is 32.7 Å². The lowest BCUT2D eigenvalue weighted by Gasteiger charge is -2.37. The van der Waals surface area contributed by atoms with Gasteiger partial charge in [-0.3, -0.25) is 24.0 Å². The topological polar surface area (TPSA) is 174 Å². The van der Waals surface area contributed by atoms with Crippen LogP contribution in [0.25, 0.3) is 0 Å². The zero-order valence-corrected chi connectivity index (χ0v) is 30.6. The normalized spacial score (nSPS) is 14.4. The number of nitrogens with one attached hydrogen (secondary N) is 1. The van der Waals surface area contributed by atoms with Crippen LogP contribution in [0.15, 0.2) is 0 Å². The van der Waals surface area contributed by atoms with Gasteiger partial charge in [0.05, 0.1) is 12.2 Å². The molecule has 0 saturated carbocycles. The summed E-state index contributed by atoms with van der Waals surface area (Å²) in [6, 6.07) is -3.91. The SMILES string of the molecule is CCCC(=O)N(C)[C@H](CSCCSCCO)C(=O)N(C)[C@@H](CC(C)(C)O)C(=O)N[C@H](C(=O)N(C)[C@@H](CC(C)C)C(N)=O)C(C)C. The summed E-state index contributed by atoms with van der Waals surface area (Å²) in [4.78, 5) is 70.5. The number of primary amides is 1. The van der Waals surface area contributed by atoms with Crippen LogP contribution in [-0.2, 0) is 24.0 Å². The van der Waals surface area contributed by atoms with Crippen LogP contribution in [0.5, 0.6) is 0 Å². The molecule has 0 unspecified atom stereocenters. The Hall–Kier alpha value is -2.03. The first-order valence-corrected chi connectivity index (χ1v) is 18.0. The highest BCUT2D eigenvalue weighted by molar-refractivity contribution is 8.02. The highest BCUT2D eigenvalue weighted by Gasteiger charge is 2.40. The molecule has 5 N–H and O–H groups in total. The molecule has 0 fully saturated rings. The van der Waals surface area contributed by atoms with Crippen LogP contribution in [0.4, 0.5) is 0 Å². The summed E-state index contributed by atoms with van der Waals surface area (Å²) in [5.74, 6) is -0.311. The van der Waals surface area contributed by atoms with Crippen molar-refractivity contribution in [2.24, 2.45) is 17.6 Å². The number of thioether (sulfide) groups is 2. The van der Waals surface area contributed by atoms with Gasteiger partial charge in [0.2, 0.25) is 29.5 Å². The number of hydrogen-bond acceptors (Lipinski definition) is 9. The molecule has 0 aliphatic carbocycles. The Kier molecular flexibility index (Phi) is 20.0. The third kappa shape index (κ3) is 15.4. The van der Waals surface area contributed by atoms with Crippen LogP contribution in [-0.4, -0.2) is 135 Å². The summed E-state index contributed by atoms with van der Waals surface area (Å²) in [5, 5.41) is 22.5. The molecule has 0 saturated heterocycles. The summed E-state index contributed by atoms with van der Waals surface area (Å²) in [7, 11) is 4.53. The van der Waals surface area contributed by atoms with E-state index in [9.17, 15) is 29.1 Å². The van der Waals surface area contributed by atoms with Gasteiger partial charge in [-0.05, 0) is 38.5 Å². The van der Waals surface area contributed by atoms with Gasteiger partial charge in [0.1, 0.15) is 24.2 Å². The first kappa shape index (κ1) is 43.0. The predicted molar refractivity (Wildman–Crippen MR) is 183 cm³/mol. The van der Waals surface area contributed by atoms with Crippen LogP contribution in [0.2, 0.25) is 0 Å². The summed E-state index contributed by atoms with van der Waals surface area (Å²) in [6.07, 6.45) is 1.11. The maximum atomic E-state index is 14.0. The van der Waals surface area contributed by atoms with Crippen molar-refractivity contribution in [2.45, 2.75) is 104 Å². The second-order valence-corrected chi connectivity index (χ2v) is 15.3. The molecule has 12 nitrogen and oxygen atoms in total. The molecule has 262 valence electrons. The van der Waals surface area contributed by atoms with Crippen LogP contribution in [0.3, 0.4) is 0 Å². The fraction of sp³-hybridized carbons (Fsp3) is 0.839. The molecule has 0 rings (SSSR count). The Bertz CT molecular complexity index is 961. The van der Waals surface area contributed by atoms with Crippen LogP contribution < -0.4 is 11.1 Å². The molecule has 5 amide bonds. The average molecular weight is 678 g/mol. The Morgan fingerprint density at radius 2 is 1.40 bits per heavy atom. The first-order chi connectivity index (χ1) is 20.8. The minimum Gasteiger partial charge on any atom is -0.396 e. The maximum absolute atomic E-state index is 14.0. The molecule has 14 heteroatoms. The zero-order chi connectivity index (χ0) is 35.1. The van der Waals surface area contributed by atoms with Crippen molar-refractivity contribution in [1.82, 2.24) is 20.0 Å². The summed E-state index contributed by atoms with van der Waals surface area (Å²) in [5.41, 5.74) is 4.27. The number of hydrogen-bond donors (Lipinski definition) is 4. The van der Waals surface area contributed by atoms with E-state index in [1.807, 2.05) is 20.8 Å². The Balaban J connectivity index is 6.28. The monoisotopic (exact) mass is 677 g/mol. The van der Waals surface area contributed by atoms with Gasteiger partial charge in [-0.1, -0.05) is 34.6 Å². The maximum Gasteiger partial charge on any atom is 0.246 e. The Morgan fingerprint density at radius 1 is 0.844 bits per heavy atom. The average Bonchev–Trinajstić information content (AvgIpc) is 2.94.